The van der Waals surface area contributed by atoms with Gasteiger partial charge in [-0.05, 0) is 68.7 Å². The van der Waals surface area contributed by atoms with E-state index in [1.807, 2.05) is 42.5 Å². The number of esters is 1. The first-order chi connectivity index (χ1) is 16.1. The Morgan fingerprint density at radius 3 is 2.29 bits per heavy atom. The zero-order valence-electron chi connectivity index (χ0n) is 20.3. The molecule has 0 saturated heterocycles. The van der Waals surface area contributed by atoms with Crippen LogP contribution >= 0.6 is 0 Å². The van der Waals surface area contributed by atoms with E-state index in [-0.39, 0.29) is 18.9 Å². The summed E-state index contributed by atoms with van der Waals surface area (Å²) >= 11 is 0. The van der Waals surface area contributed by atoms with E-state index in [2.05, 4.69) is 5.32 Å². The highest BCUT2D eigenvalue weighted by molar-refractivity contribution is 5.94. The standard InChI is InChI=1S/C27H35NO6/c1-19(24(34-20(2)29)18-25(30)27(3,4)32)15-17-33-23-12-10-21(11-13-23)14-16-28-26(31)22-8-6-5-7-9-22/h5-13,15,24-25,30,32H,14,16-18H2,1-4H3,(H,28,31). The lowest BCUT2D eigenvalue weighted by Crippen LogP contribution is -2.39. The van der Waals surface area contributed by atoms with Gasteiger partial charge in [-0.15, -0.1) is 0 Å². The van der Waals surface area contributed by atoms with Crippen molar-refractivity contribution in [2.24, 2.45) is 0 Å². The van der Waals surface area contributed by atoms with Crippen molar-refractivity contribution >= 4 is 11.9 Å². The normalized spacial score (nSPS) is 13.6. The van der Waals surface area contributed by atoms with Crippen LogP contribution in [0.4, 0.5) is 0 Å². The van der Waals surface area contributed by atoms with Crippen molar-refractivity contribution in [3.8, 4) is 5.75 Å². The van der Waals surface area contributed by atoms with Crippen molar-refractivity contribution in [1.29, 1.82) is 0 Å². The summed E-state index contributed by atoms with van der Waals surface area (Å²) in [7, 11) is 0. The molecular formula is C27H35NO6. The van der Waals surface area contributed by atoms with Gasteiger partial charge in [0.1, 0.15) is 18.5 Å². The molecule has 0 heterocycles. The van der Waals surface area contributed by atoms with Crippen LogP contribution in [0.25, 0.3) is 0 Å². The topological polar surface area (TPSA) is 105 Å². The van der Waals surface area contributed by atoms with Crippen molar-refractivity contribution < 1.29 is 29.3 Å². The molecule has 3 N–H and O–H groups in total. The molecule has 0 radical (unpaired) electrons. The van der Waals surface area contributed by atoms with Crippen LogP contribution in [-0.2, 0) is 16.0 Å². The predicted octanol–water partition coefficient (Wildman–Crippen LogP) is 3.44. The first-order valence-corrected chi connectivity index (χ1v) is 11.4. The number of benzene rings is 2. The summed E-state index contributed by atoms with van der Waals surface area (Å²) in [6.45, 7) is 6.90. The first kappa shape index (κ1) is 27.1. The Morgan fingerprint density at radius 2 is 1.71 bits per heavy atom. The highest BCUT2D eigenvalue weighted by Crippen LogP contribution is 2.20. The molecule has 7 nitrogen and oxygen atoms in total. The quantitative estimate of drug-likeness (QED) is 0.325. The molecule has 2 aromatic rings. The fraction of sp³-hybridized carbons (Fsp3) is 0.407. The number of aliphatic hydroxyl groups excluding tert-OH is 1. The van der Waals surface area contributed by atoms with Gasteiger partial charge in [-0.1, -0.05) is 30.3 Å². The minimum atomic E-state index is -1.30. The van der Waals surface area contributed by atoms with Gasteiger partial charge in [-0.2, -0.15) is 0 Å². The summed E-state index contributed by atoms with van der Waals surface area (Å²) in [5, 5.41) is 23.1. The number of hydrogen-bond acceptors (Lipinski definition) is 6. The van der Waals surface area contributed by atoms with Crippen LogP contribution in [0, 0.1) is 0 Å². The molecule has 0 spiro atoms. The molecule has 0 fully saturated rings. The zero-order valence-corrected chi connectivity index (χ0v) is 20.3. The number of nitrogens with one attached hydrogen (secondary N) is 1. The summed E-state index contributed by atoms with van der Waals surface area (Å²) in [6, 6.07) is 16.7. The van der Waals surface area contributed by atoms with E-state index in [1.54, 1.807) is 25.1 Å². The van der Waals surface area contributed by atoms with Crippen molar-refractivity contribution in [3.05, 3.63) is 77.4 Å². The summed E-state index contributed by atoms with van der Waals surface area (Å²) < 4.78 is 11.1. The number of ether oxygens (including phenoxy) is 2. The van der Waals surface area contributed by atoms with Crippen LogP contribution in [0.5, 0.6) is 5.75 Å². The van der Waals surface area contributed by atoms with Crippen molar-refractivity contribution in [2.75, 3.05) is 13.2 Å². The van der Waals surface area contributed by atoms with E-state index < -0.39 is 23.8 Å². The van der Waals surface area contributed by atoms with Gasteiger partial charge in [0.25, 0.3) is 5.91 Å². The third kappa shape index (κ3) is 9.37. The first-order valence-electron chi connectivity index (χ1n) is 11.4. The van der Waals surface area contributed by atoms with Gasteiger partial charge in [0.15, 0.2) is 0 Å². The molecule has 2 atom stereocenters. The van der Waals surface area contributed by atoms with Gasteiger partial charge >= 0.3 is 5.97 Å². The van der Waals surface area contributed by atoms with Gasteiger partial charge in [0, 0.05) is 25.5 Å². The molecule has 0 saturated carbocycles. The Balaban J connectivity index is 1.83. The van der Waals surface area contributed by atoms with E-state index in [1.165, 1.54) is 20.8 Å². The van der Waals surface area contributed by atoms with E-state index in [0.717, 1.165) is 11.1 Å². The third-order valence-corrected chi connectivity index (χ3v) is 5.38. The number of aliphatic hydroxyl groups is 2. The summed E-state index contributed by atoms with van der Waals surface area (Å²) in [4.78, 5) is 23.5. The van der Waals surface area contributed by atoms with Crippen LogP contribution in [-0.4, -0.2) is 53.1 Å². The second-order valence-corrected chi connectivity index (χ2v) is 8.78. The van der Waals surface area contributed by atoms with Gasteiger partial charge in [0.05, 0.1) is 11.7 Å². The van der Waals surface area contributed by atoms with E-state index in [9.17, 15) is 19.8 Å². The zero-order chi connectivity index (χ0) is 25.1. The molecule has 0 aliphatic carbocycles. The Kier molecular flexibility index (Phi) is 10.3. The Labute approximate surface area is 201 Å². The minimum Gasteiger partial charge on any atom is -0.490 e. The van der Waals surface area contributed by atoms with Crippen LogP contribution in [0.2, 0.25) is 0 Å². The molecule has 0 aliphatic rings. The Hall–Kier alpha value is -3.16. The third-order valence-electron chi connectivity index (χ3n) is 5.38. The number of amides is 1. The monoisotopic (exact) mass is 469 g/mol. The van der Waals surface area contributed by atoms with Crippen LogP contribution in [0.1, 0.15) is 50.0 Å². The van der Waals surface area contributed by atoms with Gasteiger partial charge in [-0.25, -0.2) is 0 Å². The highest BCUT2D eigenvalue weighted by atomic mass is 16.5. The number of rotatable bonds is 12. The average Bonchev–Trinajstić information content (AvgIpc) is 2.79. The molecule has 7 heteroatoms. The molecule has 1 amide bonds. The van der Waals surface area contributed by atoms with Crippen LogP contribution in [0.3, 0.4) is 0 Å². The lowest BCUT2D eigenvalue weighted by Gasteiger charge is -2.28. The molecule has 0 bridgehead atoms. The van der Waals surface area contributed by atoms with E-state index in [0.29, 0.717) is 24.3 Å². The second kappa shape index (κ2) is 12.9. The van der Waals surface area contributed by atoms with Gasteiger partial charge < -0.3 is 25.0 Å². The largest absolute Gasteiger partial charge is 0.490 e. The van der Waals surface area contributed by atoms with Gasteiger partial charge in [0.2, 0.25) is 0 Å². The molecular weight excluding hydrogens is 434 g/mol. The summed E-state index contributed by atoms with van der Waals surface area (Å²) in [6.07, 6.45) is 0.867. The van der Waals surface area contributed by atoms with Crippen LogP contribution in [0.15, 0.2) is 66.2 Å². The molecule has 0 aliphatic heterocycles. The summed E-state index contributed by atoms with van der Waals surface area (Å²) in [5.41, 5.74) is 1.13. The molecule has 2 rings (SSSR count). The smallest absolute Gasteiger partial charge is 0.303 e. The Bertz CT molecular complexity index is 947. The second-order valence-electron chi connectivity index (χ2n) is 8.78. The maximum atomic E-state index is 12.1. The maximum Gasteiger partial charge on any atom is 0.303 e. The molecule has 2 unspecified atom stereocenters. The number of hydrogen-bond donors (Lipinski definition) is 3. The fourth-order valence-electron chi connectivity index (χ4n) is 3.18. The van der Waals surface area contributed by atoms with Crippen molar-refractivity contribution in [1.82, 2.24) is 5.32 Å². The van der Waals surface area contributed by atoms with Crippen molar-refractivity contribution in [2.45, 2.75) is 58.3 Å². The fourth-order valence-corrected chi connectivity index (χ4v) is 3.18. The Morgan fingerprint density at radius 1 is 1.06 bits per heavy atom. The number of carbonyl (C=O) groups is 2. The maximum absolute atomic E-state index is 12.1. The summed E-state index contributed by atoms with van der Waals surface area (Å²) in [5.74, 6) is 0.128. The highest BCUT2D eigenvalue weighted by Gasteiger charge is 2.29. The molecule has 184 valence electrons. The SMILES string of the molecule is CC(=O)OC(CC(O)C(C)(C)O)C(C)=CCOc1ccc(CCNC(=O)c2ccccc2)cc1. The predicted molar refractivity (Wildman–Crippen MR) is 131 cm³/mol. The lowest BCUT2D eigenvalue weighted by atomic mass is 9.94. The van der Waals surface area contributed by atoms with Crippen molar-refractivity contribution in [3.63, 3.8) is 0 Å². The average molecular weight is 470 g/mol. The molecule has 2 aromatic carbocycles. The lowest BCUT2D eigenvalue weighted by molar-refractivity contribution is -0.147. The molecule has 34 heavy (non-hydrogen) atoms. The number of carbonyl (C=O) groups excluding carboxylic acids is 2. The van der Waals surface area contributed by atoms with E-state index in [4.69, 9.17) is 9.47 Å². The van der Waals surface area contributed by atoms with E-state index >= 15 is 0 Å². The molecule has 0 aromatic heterocycles. The van der Waals surface area contributed by atoms with Gasteiger partial charge in [-0.3, -0.25) is 9.59 Å². The van der Waals surface area contributed by atoms with Crippen LogP contribution < -0.4 is 10.1 Å². The minimum absolute atomic E-state index is 0.0842.